The van der Waals surface area contributed by atoms with Gasteiger partial charge in [0.05, 0.1) is 21.5 Å². The maximum Gasteiger partial charge on any atom is 0.421 e. The standard InChI is InChI=1S/C22H33ClFN3O.C18H22F3N5OS/c1-3-18(22(28)25-2)17-13-19(23)21(20(24)14-17)27-11-9-26(10-12-27)15-16-7-5-4-6-8-16;1-11-4-3-7-26(10-11)16-14(18(19,20)21)9-23-17(25-16)24-15-6-5-13(28(22)27)8-12(15)2/h13-14,16,18H,3-12,15H2,1-2H3,(H,25,28);5-6,8-9,11H,3-4,7,10,22H2,1-2H3,(H,23,24,25). The number of amides is 1. The average molecular weight is 823 g/mol. The summed E-state index contributed by atoms with van der Waals surface area (Å²) < 4.78 is 66.8. The van der Waals surface area contributed by atoms with Gasteiger partial charge in [-0.15, -0.1) is 0 Å². The number of carbonyl (C=O) groups excluding carboxylic acids is 1. The summed E-state index contributed by atoms with van der Waals surface area (Å²) in [6, 6.07) is 8.13. The van der Waals surface area contributed by atoms with Gasteiger partial charge in [0.25, 0.3) is 0 Å². The maximum atomic E-state index is 15.0. The lowest BCUT2D eigenvalue weighted by Gasteiger charge is -2.38. The first kappa shape index (κ1) is 43.6. The Morgan fingerprint density at radius 3 is 2.34 bits per heavy atom. The van der Waals surface area contributed by atoms with E-state index in [1.165, 1.54) is 44.7 Å². The summed E-state index contributed by atoms with van der Waals surface area (Å²) in [6.45, 7) is 11.4. The Labute approximate surface area is 335 Å². The summed E-state index contributed by atoms with van der Waals surface area (Å²) in [7, 11) is -0.00698. The number of hydrogen-bond acceptors (Lipinski definition) is 8. The second-order valence-corrected chi connectivity index (χ2v) is 16.7. The van der Waals surface area contributed by atoms with Crippen LogP contribution < -0.4 is 25.6 Å². The highest BCUT2D eigenvalue weighted by atomic mass is 35.5. The summed E-state index contributed by atoms with van der Waals surface area (Å²) in [4.78, 5) is 26.8. The number of aromatic nitrogens is 2. The molecule has 0 bridgehead atoms. The molecule has 3 aliphatic rings. The molecule has 2 aromatic carbocycles. The van der Waals surface area contributed by atoms with Gasteiger partial charge < -0.3 is 20.4 Å². The number of halogens is 5. The van der Waals surface area contributed by atoms with Gasteiger partial charge in [-0.05, 0) is 92.3 Å². The van der Waals surface area contributed by atoms with Crippen LogP contribution in [0.3, 0.4) is 0 Å². The quantitative estimate of drug-likeness (QED) is 0.175. The van der Waals surface area contributed by atoms with Crippen molar-refractivity contribution in [2.75, 3.05) is 68.0 Å². The topological polar surface area (TPSA) is 120 Å². The van der Waals surface area contributed by atoms with E-state index >= 15 is 0 Å². The maximum absolute atomic E-state index is 15.0. The SMILES string of the molecule is CCC(C(=O)NC)c1cc(F)c(N2CCN(CC3CCCCC3)CC2)c(Cl)c1.Cc1cc(S(N)=O)ccc1Nc1ncc(C(F)(F)F)c(N2CCCC(C)C2)n1. The van der Waals surface area contributed by atoms with E-state index in [2.05, 4.69) is 30.4 Å². The molecule has 2 saturated heterocycles. The minimum Gasteiger partial charge on any atom is -0.365 e. The van der Waals surface area contributed by atoms with Crippen molar-refractivity contribution in [3.8, 4) is 0 Å². The molecule has 6 rings (SSSR count). The number of hydrogen-bond donors (Lipinski definition) is 3. The van der Waals surface area contributed by atoms with Gasteiger partial charge in [0, 0.05) is 64.7 Å². The Hall–Kier alpha value is -3.53. The fourth-order valence-corrected chi connectivity index (χ4v) is 8.83. The zero-order chi connectivity index (χ0) is 40.6. The summed E-state index contributed by atoms with van der Waals surface area (Å²) in [5.74, 6) is 0.287. The zero-order valence-corrected chi connectivity index (χ0v) is 34.3. The molecule has 2 aliphatic heterocycles. The van der Waals surface area contributed by atoms with Crippen molar-refractivity contribution >= 4 is 51.6 Å². The fraction of sp³-hybridized carbons (Fsp3) is 0.575. The van der Waals surface area contributed by atoms with Crippen LogP contribution in [0.15, 0.2) is 41.4 Å². The van der Waals surface area contributed by atoms with Gasteiger partial charge in [0.2, 0.25) is 11.9 Å². The minimum absolute atomic E-state index is 0.0750. The van der Waals surface area contributed by atoms with Gasteiger partial charge in [0.15, 0.2) is 0 Å². The Morgan fingerprint density at radius 2 is 1.75 bits per heavy atom. The van der Waals surface area contributed by atoms with Gasteiger partial charge in [-0.2, -0.15) is 18.2 Å². The number of piperazine rings is 1. The zero-order valence-electron chi connectivity index (χ0n) is 32.7. The smallest absolute Gasteiger partial charge is 0.365 e. The van der Waals surface area contributed by atoms with Crippen LogP contribution in [-0.4, -0.2) is 77.8 Å². The predicted molar refractivity (Wildman–Crippen MR) is 216 cm³/mol. The summed E-state index contributed by atoms with van der Waals surface area (Å²) >= 11 is 6.48. The Balaban J connectivity index is 0.000000214. The number of rotatable bonds is 10. The molecule has 56 heavy (non-hydrogen) atoms. The molecule has 10 nitrogen and oxygen atoms in total. The van der Waals surface area contributed by atoms with Crippen LogP contribution in [0.5, 0.6) is 0 Å². The van der Waals surface area contributed by atoms with E-state index in [0.717, 1.165) is 56.7 Å². The van der Waals surface area contributed by atoms with Gasteiger partial charge in [0.1, 0.15) is 28.2 Å². The molecule has 308 valence electrons. The lowest BCUT2D eigenvalue weighted by atomic mass is 9.89. The van der Waals surface area contributed by atoms with Crippen LogP contribution in [-0.2, 0) is 22.0 Å². The van der Waals surface area contributed by atoms with Crippen LogP contribution in [0.2, 0.25) is 5.02 Å². The number of aryl methyl sites for hydroxylation is 1. The van der Waals surface area contributed by atoms with Crippen molar-refractivity contribution < 1.29 is 26.6 Å². The highest BCUT2D eigenvalue weighted by Crippen LogP contribution is 2.38. The van der Waals surface area contributed by atoms with Gasteiger partial charge in [-0.25, -0.2) is 18.7 Å². The van der Waals surface area contributed by atoms with Crippen LogP contribution in [0.25, 0.3) is 0 Å². The normalized spacial score (nSPS) is 19.5. The number of nitrogens with zero attached hydrogens (tertiary/aromatic N) is 5. The highest BCUT2D eigenvalue weighted by Gasteiger charge is 2.37. The lowest BCUT2D eigenvalue weighted by Crippen LogP contribution is -2.48. The van der Waals surface area contributed by atoms with Crippen LogP contribution >= 0.6 is 11.6 Å². The van der Waals surface area contributed by atoms with Gasteiger partial charge >= 0.3 is 6.18 Å². The van der Waals surface area contributed by atoms with E-state index in [4.69, 9.17) is 16.7 Å². The number of nitrogens with two attached hydrogens (primary N) is 1. The van der Waals surface area contributed by atoms with Crippen LogP contribution in [0.4, 0.5) is 40.7 Å². The highest BCUT2D eigenvalue weighted by molar-refractivity contribution is 7.82. The Morgan fingerprint density at radius 1 is 1.04 bits per heavy atom. The monoisotopic (exact) mass is 822 g/mol. The molecule has 1 aliphatic carbocycles. The first-order chi connectivity index (χ1) is 26.7. The molecule has 3 heterocycles. The van der Waals surface area contributed by atoms with Crippen molar-refractivity contribution in [2.45, 2.75) is 89.1 Å². The molecule has 3 unspecified atom stereocenters. The number of carbonyl (C=O) groups is 1. The van der Waals surface area contributed by atoms with E-state index in [0.29, 0.717) is 52.3 Å². The minimum atomic E-state index is -4.53. The Kier molecular flexibility index (Phi) is 15.4. The Bertz CT molecular complexity index is 1800. The number of likely N-dealkylation sites (N-methyl/N-ethyl adjacent to an activating group) is 1. The van der Waals surface area contributed by atoms with E-state index in [1.807, 2.05) is 13.8 Å². The van der Waals surface area contributed by atoms with Crippen molar-refractivity contribution in [1.29, 1.82) is 0 Å². The summed E-state index contributed by atoms with van der Waals surface area (Å²) in [6.07, 6.45) is 5.53. The number of anilines is 4. The third kappa shape index (κ3) is 11.3. The molecule has 1 aromatic heterocycles. The molecule has 1 saturated carbocycles. The second-order valence-electron chi connectivity index (χ2n) is 15.2. The summed E-state index contributed by atoms with van der Waals surface area (Å²) in [5.41, 5.74) is 1.62. The van der Waals surface area contributed by atoms with Crippen molar-refractivity contribution in [1.82, 2.24) is 20.2 Å². The molecule has 1 amide bonds. The first-order valence-corrected chi connectivity index (χ1v) is 21.2. The van der Waals surface area contributed by atoms with Crippen molar-refractivity contribution in [3.05, 3.63) is 64.1 Å². The third-order valence-corrected chi connectivity index (χ3v) is 12.1. The van der Waals surface area contributed by atoms with Crippen molar-refractivity contribution in [2.24, 2.45) is 17.0 Å². The average Bonchev–Trinajstić information content (AvgIpc) is 3.16. The molecular weight excluding hydrogens is 768 g/mol. The van der Waals surface area contributed by atoms with Gasteiger partial charge in [-0.3, -0.25) is 9.69 Å². The number of alkyl halides is 3. The molecule has 0 radical (unpaired) electrons. The lowest BCUT2D eigenvalue weighted by molar-refractivity contribution is -0.137. The molecule has 4 N–H and O–H groups in total. The molecule has 3 atom stereocenters. The van der Waals surface area contributed by atoms with E-state index in [1.54, 1.807) is 43.1 Å². The first-order valence-electron chi connectivity index (χ1n) is 19.6. The molecular formula is C40H55ClF4N8O2S. The van der Waals surface area contributed by atoms with Crippen LogP contribution in [0, 0.1) is 24.6 Å². The molecule has 16 heteroatoms. The second kappa shape index (κ2) is 19.8. The molecule has 3 aromatic rings. The van der Waals surface area contributed by atoms with Gasteiger partial charge in [-0.1, -0.05) is 44.7 Å². The fourth-order valence-electron chi connectivity index (χ4n) is 8.00. The van der Waals surface area contributed by atoms with E-state index in [-0.39, 0.29) is 29.4 Å². The largest absolute Gasteiger partial charge is 0.421 e. The predicted octanol–water partition coefficient (Wildman–Crippen LogP) is 8.19. The van der Waals surface area contributed by atoms with E-state index < -0.39 is 22.7 Å². The van der Waals surface area contributed by atoms with Crippen LogP contribution in [0.1, 0.15) is 87.8 Å². The van der Waals surface area contributed by atoms with E-state index in [9.17, 15) is 26.6 Å². The molecule has 0 spiro atoms. The third-order valence-electron chi connectivity index (χ3n) is 11.0. The summed E-state index contributed by atoms with van der Waals surface area (Å²) in [5, 5.41) is 11.4. The number of nitrogens with one attached hydrogen (secondary N) is 2. The van der Waals surface area contributed by atoms with Crippen molar-refractivity contribution in [3.63, 3.8) is 0 Å². The number of benzene rings is 2. The molecule has 3 fully saturated rings. The number of piperidine rings is 1.